The quantitative estimate of drug-likeness (QED) is 0.864. The summed E-state index contributed by atoms with van der Waals surface area (Å²) in [4.78, 5) is 11.7. The highest BCUT2D eigenvalue weighted by Gasteiger charge is 2.46. The molecule has 1 fully saturated rings. The number of amides is 1. The molecule has 0 spiro atoms. The molecule has 4 heteroatoms. The van der Waals surface area contributed by atoms with Crippen LogP contribution in [0, 0.1) is 6.92 Å². The maximum absolute atomic E-state index is 11.7. The van der Waals surface area contributed by atoms with Gasteiger partial charge >= 0.3 is 0 Å². The Morgan fingerprint density at radius 2 is 2.20 bits per heavy atom. The third-order valence-electron chi connectivity index (χ3n) is 2.76. The van der Waals surface area contributed by atoms with Crippen molar-refractivity contribution in [3.05, 3.63) is 28.2 Å². The maximum atomic E-state index is 11.7. The molecule has 0 bridgehead atoms. The van der Waals surface area contributed by atoms with E-state index in [0.717, 1.165) is 28.6 Å². The fourth-order valence-electron chi connectivity index (χ4n) is 1.35. The number of hydrogen-bond donors (Lipinski definition) is 2. The number of carbonyl (C=O) groups is 1. The molecule has 0 radical (unpaired) electrons. The summed E-state index contributed by atoms with van der Waals surface area (Å²) < 4.78 is 0.988. The van der Waals surface area contributed by atoms with Crippen molar-refractivity contribution in [3.8, 4) is 0 Å². The number of benzene rings is 1. The van der Waals surface area contributed by atoms with E-state index in [4.69, 9.17) is 5.73 Å². The lowest BCUT2D eigenvalue weighted by Gasteiger charge is -2.12. The van der Waals surface area contributed by atoms with Crippen LogP contribution in [0.2, 0.25) is 0 Å². The minimum Gasteiger partial charge on any atom is -0.324 e. The summed E-state index contributed by atoms with van der Waals surface area (Å²) in [6.45, 7) is 1.95. The molecule has 80 valence electrons. The van der Waals surface area contributed by atoms with Gasteiger partial charge in [0.1, 0.15) is 0 Å². The van der Waals surface area contributed by atoms with E-state index in [1.165, 1.54) is 0 Å². The molecule has 1 saturated carbocycles. The third-order valence-corrected chi connectivity index (χ3v) is 3.62. The van der Waals surface area contributed by atoms with E-state index in [9.17, 15) is 4.79 Å². The van der Waals surface area contributed by atoms with Crippen molar-refractivity contribution in [2.24, 2.45) is 5.73 Å². The highest BCUT2D eigenvalue weighted by molar-refractivity contribution is 9.10. The molecule has 1 aliphatic carbocycles. The SMILES string of the molecule is Cc1c(Br)cccc1NC(=O)C1(N)CC1. The number of nitrogens with two attached hydrogens (primary N) is 1. The largest absolute Gasteiger partial charge is 0.324 e. The lowest BCUT2D eigenvalue weighted by atomic mass is 10.2. The van der Waals surface area contributed by atoms with E-state index in [-0.39, 0.29) is 5.91 Å². The molecule has 0 saturated heterocycles. The number of halogens is 1. The summed E-state index contributed by atoms with van der Waals surface area (Å²) in [6, 6.07) is 5.72. The van der Waals surface area contributed by atoms with E-state index in [2.05, 4.69) is 21.2 Å². The van der Waals surface area contributed by atoms with Crippen LogP contribution < -0.4 is 11.1 Å². The molecule has 0 aliphatic heterocycles. The van der Waals surface area contributed by atoms with Crippen molar-refractivity contribution in [2.45, 2.75) is 25.3 Å². The molecular weight excluding hydrogens is 256 g/mol. The predicted molar refractivity (Wildman–Crippen MR) is 63.7 cm³/mol. The Balaban J connectivity index is 2.17. The van der Waals surface area contributed by atoms with Gasteiger partial charge in [-0.3, -0.25) is 4.79 Å². The highest BCUT2D eigenvalue weighted by atomic mass is 79.9. The third kappa shape index (κ3) is 2.06. The zero-order valence-corrected chi connectivity index (χ0v) is 10.1. The van der Waals surface area contributed by atoms with Crippen LogP contribution in [-0.4, -0.2) is 11.4 Å². The molecule has 0 atom stereocenters. The summed E-state index contributed by atoms with van der Waals surface area (Å²) in [5.74, 6) is -0.0799. The molecule has 3 N–H and O–H groups in total. The molecule has 1 aromatic carbocycles. The van der Waals surface area contributed by atoms with Gasteiger partial charge in [-0.25, -0.2) is 0 Å². The second kappa shape index (κ2) is 3.61. The van der Waals surface area contributed by atoms with Crippen LogP contribution in [0.25, 0.3) is 0 Å². The van der Waals surface area contributed by atoms with Crippen LogP contribution in [0.3, 0.4) is 0 Å². The molecule has 0 unspecified atom stereocenters. The van der Waals surface area contributed by atoms with Crippen molar-refractivity contribution < 1.29 is 4.79 Å². The Kier molecular flexibility index (Phi) is 2.56. The van der Waals surface area contributed by atoms with Crippen molar-refractivity contribution in [2.75, 3.05) is 5.32 Å². The van der Waals surface area contributed by atoms with E-state index in [1.807, 2.05) is 25.1 Å². The average Bonchev–Trinajstić information content (AvgIpc) is 2.93. The molecule has 0 heterocycles. The zero-order chi connectivity index (χ0) is 11.1. The molecule has 3 nitrogen and oxygen atoms in total. The second-order valence-electron chi connectivity index (χ2n) is 4.02. The Bertz CT molecular complexity index is 413. The van der Waals surface area contributed by atoms with Crippen LogP contribution in [-0.2, 0) is 4.79 Å². The Morgan fingerprint density at radius 1 is 1.53 bits per heavy atom. The Morgan fingerprint density at radius 3 is 2.80 bits per heavy atom. The van der Waals surface area contributed by atoms with Gasteiger partial charge in [0.25, 0.3) is 0 Å². The Hall–Kier alpha value is -0.870. The predicted octanol–water partition coefficient (Wildman–Crippen LogP) is 2.19. The monoisotopic (exact) mass is 268 g/mol. The van der Waals surface area contributed by atoms with Crippen LogP contribution in [0.1, 0.15) is 18.4 Å². The number of rotatable bonds is 2. The summed E-state index contributed by atoms with van der Waals surface area (Å²) in [5, 5.41) is 2.86. The van der Waals surface area contributed by atoms with Crippen LogP contribution >= 0.6 is 15.9 Å². The van der Waals surface area contributed by atoms with Crippen LogP contribution in [0.15, 0.2) is 22.7 Å². The molecule has 0 aromatic heterocycles. The highest BCUT2D eigenvalue weighted by Crippen LogP contribution is 2.34. The van der Waals surface area contributed by atoms with E-state index in [0.29, 0.717) is 0 Å². The molecule has 1 amide bonds. The molecule has 1 aliphatic rings. The van der Waals surface area contributed by atoms with Crippen molar-refractivity contribution in [1.82, 2.24) is 0 Å². The molecular formula is C11H13BrN2O. The van der Waals surface area contributed by atoms with Gasteiger partial charge in [0.2, 0.25) is 5.91 Å². The van der Waals surface area contributed by atoms with E-state index in [1.54, 1.807) is 0 Å². The fourth-order valence-corrected chi connectivity index (χ4v) is 1.72. The van der Waals surface area contributed by atoms with Crippen molar-refractivity contribution in [1.29, 1.82) is 0 Å². The lowest BCUT2D eigenvalue weighted by Crippen LogP contribution is -2.38. The summed E-state index contributed by atoms with van der Waals surface area (Å²) >= 11 is 3.42. The topological polar surface area (TPSA) is 55.1 Å². The van der Waals surface area contributed by atoms with Gasteiger partial charge in [-0.2, -0.15) is 0 Å². The average molecular weight is 269 g/mol. The first kappa shape index (κ1) is 10.6. The zero-order valence-electron chi connectivity index (χ0n) is 8.51. The maximum Gasteiger partial charge on any atom is 0.244 e. The van der Waals surface area contributed by atoms with Gasteiger partial charge in [0.15, 0.2) is 0 Å². The first-order chi connectivity index (χ1) is 7.03. The van der Waals surface area contributed by atoms with Gasteiger partial charge in [0, 0.05) is 10.2 Å². The summed E-state index contributed by atoms with van der Waals surface area (Å²) in [7, 11) is 0. The number of nitrogens with one attached hydrogen (secondary N) is 1. The first-order valence-corrected chi connectivity index (χ1v) is 5.68. The Labute approximate surface area is 97.2 Å². The number of hydrogen-bond acceptors (Lipinski definition) is 2. The van der Waals surface area contributed by atoms with E-state index < -0.39 is 5.54 Å². The van der Waals surface area contributed by atoms with Crippen LogP contribution in [0.4, 0.5) is 5.69 Å². The molecule has 15 heavy (non-hydrogen) atoms. The fraction of sp³-hybridized carbons (Fsp3) is 0.364. The van der Waals surface area contributed by atoms with Crippen molar-refractivity contribution in [3.63, 3.8) is 0 Å². The minimum atomic E-state index is -0.616. The van der Waals surface area contributed by atoms with Gasteiger partial charge in [-0.05, 0) is 37.5 Å². The summed E-state index contributed by atoms with van der Waals surface area (Å²) in [5.41, 5.74) is 7.03. The number of carbonyl (C=O) groups excluding carboxylic acids is 1. The normalized spacial score (nSPS) is 17.3. The van der Waals surface area contributed by atoms with Gasteiger partial charge in [0.05, 0.1) is 5.54 Å². The number of anilines is 1. The standard InChI is InChI=1S/C11H13BrN2O/c1-7-8(12)3-2-4-9(7)14-10(15)11(13)5-6-11/h2-4H,5-6,13H2,1H3,(H,14,15). The van der Waals surface area contributed by atoms with Gasteiger partial charge in [-0.15, -0.1) is 0 Å². The second-order valence-corrected chi connectivity index (χ2v) is 4.88. The molecule has 1 aromatic rings. The first-order valence-electron chi connectivity index (χ1n) is 4.88. The van der Waals surface area contributed by atoms with Crippen LogP contribution in [0.5, 0.6) is 0 Å². The van der Waals surface area contributed by atoms with Gasteiger partial charge < -0.3 is 11.1 Å². The van der Waals surface area contributed by atoms with E-state index >= 15 is 0 Å². The van der Waals surface area contributed by atoms with Crippen molar-refractivity contribution >= 4 is 27.5 Å². The minimum absolute atomic E-state index is 0.0799. The summed E-state index contributed by atoms with van der Waals surface area (Å²) in [6.07, 6.45) is 1.57. The smallest absolute Gasteiger partial charge is 0.244 e. The molecule has 2 rings (SSSR count). The van der Waals surface area contributed by atoms with Gasteiger partial charge in [-0.1, -0.05) is 22.0 Å². The lowest BCUT2D eigenvalue weighted by molar-refractivity contribution is -0.118.